The van der Waals surface area contributed by atoms with Gasteiger partial charge in [-0.3, -0.25) is 9.80 Å². The molecule has 1 rings (SSSR count). The Labute approximate surface area is 129 Å². The smallest absolute Gasteiger partial charge is 0.241 e. The van der Waals surface area contributed by atoms with Crippen molar-refractivity contribution in [3.8, 4) is 0 Å². The summed E-state index contributed by atoms with van der Waals surface area (Å²) in [7, 11) is 0. The maximum atomic E-state index is 12.2. The number of nitrogens with one attached hydrogen (secondary N) is 1. The van der Waals surface area contributed by atoms with Gasteiger partial charge in [-0.1, -0.05) is 31.9 Å². The van der Waals surface area contributed by atoms with E-state index in [2.05, 4.69) is 17.3 Å². The SMILES string of the molecule is C/C=C/C=N\N(CC(=O)NC1CCCC(C)C1)/C(C)=C/C. The number of hydrogen-bond acceptors (Lipinski definition) is 3. The molecule has 118 valence electrons. The summed E-state index contributed by atoms with van der Waals surface area (Å²) in [5.41, 5.74) is 0.975. The van der Waals surface area contributed by atoms with Crippen LogP contribution in [0.3, 0.4) is 0 Å². The van der Waals surface area contributed by atoms with E-state index in [9.17, 15) is 4.79 Å². The second-order valence-corrected chi connectivity index (χ2v) is 5.81. The van der Waals surface area contributed by atoms with Crippen molar-refractivity contribution in [3.63, 3.8) is 0 Å². The minimum absolute atomic E-state index is 0.0490. The lowest BCUT2D eigenvalue weighted by molar-refractivity contribution is -0.122. The summed E-state index contributed by atoms with van der Waals surface area (Å²) in [4.78, 5) is 12.2. The maximum Gasteiger partial charge on any atom is 0.241 e. The lowest BCUT2D eigenvalue weighted by atomic mass is 9.87. The highest BCUT2D eigenvalue weighted by molar-refractivity contribution is 5.79. The molecule has 0 aromatic heterocycles. The van der Waals surface area contributed by atoms with Crippen molar-refractivity contribution in [2.45, 2.75) is 59.4 Å². The van der Waals surface area contributed by atoms with Crippen molar-refractivity contribution in [3.05, 3.63) is 23.9 Å². The lowest BCUT2D eigenvalue weighted by Gasteiger charge is -2.28. The van der Waals surface area contributed by atoms with Gasteiger partial charge in [0.25, 0.3) is 0 Å². The second kappa shape index (κ2) is 9.37. The van der Waals surface area contributed by atoms with Crippen LogP contribution in [-0.4, -0.2) is 29.7 Å². The van der Waals surface area contributed by atoms with Crippen LogP contribution in [0, 0.1) is 5.92 Å². The van der Waals surface area contributed by atoms with Crippen molar-refractivity contribution in [2.75, 3.05) is 6.54 Å². The molecule has 1 aliphatic rings. The Morgan fingerprint density at radius 3 is 2.76 bits per heavy atom. The van der Waals surface area contributed by atoms with Gasteiger partial charge in [0.05, 0.1) is 0 Å². The van der Waals surface area contributed by atoms with Crippen molar-refractivity contribution in [1.82, 2.24) is 10.3 Å². The Balaban J connectivity index is 2.55. The Morgan fingerprint density at radius 1 is 1.38 bits per heavy atom. The molecule has 0 saturated heterocycles. The number of hydrogen-bond donors (Lipinski definition) is 1. The van der Waals surface area contributed by atoms with Gasteiger partial charge in [0.15, 0.2) is 0 Å². The third kappa shape index (κ3) is 6.61. The molecule has 1 aliphatic carbocycles. The van der Waals surface area contributed by atoms with E-state index in [1.807, 2.05) is 39.0 Å². The van der Waals surface area contributed by atoms with Crippen molar-refractivity contribution < 1.29 is 4.79 Å². The summed E-state index contributed by atoms with van der Waals surface area (Å²) in [6.07, 6.45) is 12.1. The van der Waals surface area contributed by atoms with Gasteiger partial charge in [0.2, 0.25) is 5.91 Å². The molecule has 0 spiro atoms. The van der Waals surface area contributed by atoms with Crippen LogP contribution in [0.25, 0.3) is 0 Å². The molecule has 1 saturated carbocycles. The van der Waals surface area contributed by atoms with Crippen molar-refractivity contribution in [1.29, 1.82) is 0 Å². The molecule has 1 fully saturated rings. The first-order chi connectivity index (χ1) is 10.1. The van der Waals surface area contributed by atoms with Gasteiger partial charge >= 0.3 is 0 Å². The number of carbonyl (C=O) groups is 1. The number of hydrazone groups is 1. The highest BCUT2D eigenvalue weighted by atomic mass is 16.2. The monoisotopic (exact) mass is 291 g/mol. The van der Waals surface area contributed by atoms with Crippen LogP contribution < -0.4 is 5.32 Å². The second-order valence-electron chi connectivity index (χ2n) is 5.81. The Bertz CT molecular complexity index is 412. The Morgan fingerprint density at radius 2 is 2.14 bits per heavy atom. The summed E-state index contributed by atoms with van der Waals surface area (Å²) < 4.78 is 0. The van der Waals surface area contributed by atoms with Gasteiger partial charge < -0.3 is 5.32 Å². The van der Waals surface area contributed by atoms with Gasteiger partial charge in [-0.15, -0.1) is 0 Å². The molecule has 21 heavy (non-hydrogen) atoms. The van der Waals surface area contributed by atoms with Crippen LogP contribution in [0.1, 0.15) is 53.4 Å². The molecule has 0 radical (unpaired) electrons. The molecule has 2 unspecified atom stereocenters. The molecule has 0 aromatic carbocycles. The molecule has 0 bridgehead atoms. The maximum absolute atomic E-state index is 12.2. The fourth-order valence-corrected chi connectivity index (χ4v) is 2.59. The van der Waals surface area contributed by atoms with Crippen molar-refractivity contribution >= 4 is 12.1 Å². The van der Waals surface area contributed by atoms with E-state index in [1.165, 1.54) is 12.8 Å². The fraction of sp³-hybridized carbons (Fsp3) is 0.647. The number of rotatable bonds is 6. The van der Waals surface area contributed by atoms with E-state index in [1.54, 1.807) is 11.2 Å². The summed E-state index contributed by atoms with van der Waals surface area (Å²) in [6.45, 7) is 8.39. The van der Waals surface area contributed by atoms with E-state index in [4.69, 9.17) is 0 Å². The first-order valence-corrected chi connectivity index (χ1v) is 7.91. The molecule has 4 nitrogen and oxygen atoms in total. The third-order valence-electron chi connectivity index (χ3n) is 3.90. The summed E-state index contributed by atoms with van der Waals surface area (Å²) >= 11 is 0. The van der Waals surface area contributed by atoms with Gasteiger partial charge in [-0.2, -0.15) is 5.10 Å². The number of nitrogens with zero attached hydrogens (tertiary/aromatic N) is 2. The molecule has 0 aromatic rings. The molecule has 4 heteroatoms. The molecule has 0 heterocycles. The topological polar surface area (TPSA) is 44.7 Å². The summed E-state index contributed by atoms with van der Waals surface area (Å²) in [5.74, 6) is 0.762. The van der Waals surface area contributed by atoms with Crippen LogP contribution in [0.2, 0.25) is 0 Å². The van der Waals surface area contributed by atoms with E-state index in [0.29, 0.717) is 12.0 Å². The van der Waals surface area contributed by atoms with Crippen LogP contribution in [0.5, 0.6) is 0 Å². The molecular weight excluding hydrogens is 262 g/mol. The summed E-state index contributed by atoms with van der Waals surface area (Å²) in [6, 6.07) is 0.327. The Kier molecular flexibility index (Phi) is 7.80. The van der Waals surface area contributed by atoms with Crippen molar-refractivity contribution in [2.24, 2.45) is 11.0 Å². The van der Waals surface area contributed by atoms with Gasteiger partial charge in [-0.05, 0) is 45.6 Å². The normalized spacial score (nSPS) is 23.7. The highest BCUT2D eigenvalue weighted by Crippen LogP contribution is 2.23. The molecule has 2 atom stereocenters. The molecule has 1 amide bonds. The number of allylic oxidation sites excluding steroid dienone is 4. The quantitative estimate of drug-likeness (QED) is 0.601. The zero-order valence-electron chi connectivity index (χ0n) is 13.8. The van der Waals surface area contributed by atoms with E-state index < -0.39 is 0 Å². The van der Waals surface area contributed by atoms with E-state index >= 15 is 0 Å². The summed E-state index contributed by atoms with van der Waals surface area (Å²) in [5, 5.41) is 9.21. The van der Waals surface area contributed by atoms with Crippen LogP contribution in [0.4, 0.5) is 0 Å². The van der Waals surface area contributed by atoms with Gasteiger partial charge in [0.1, 0.15) is 6.54 Å². The Hall–Kier alpha value is -1.58. The predicted molar refractivity (Wildman–Crippen MR) is 89.0 cm³/mol. The zero-order chi connectivity index (χ0) is 15.7. The van der Waals surface area contributed by atoms with Gasteiger partial charge in [-0.25, -0.2) is 0 Å². The van der Waals surface area contributed by atoms with Crippen LogP contribution >= 0.6 is 0 Å². The zero-order valence-corrected chi connectivity index (χ0v) is 13.8. The minimum Gasteiger partial charge on any atom is -0.352 e. The first-order valence-electron chi connectivity index (χ1n) is 7.91. The van der Waals surface area contributed by atoms with E-state index in [-0.39, 0.29) is 12.5 Å². The standard InChI is InChI=1S/C17H29N3O/c1-5-7-11-18-20(15(4)6-2)13-17(21)19-16-10-8-9-14(3)12-16/h5-7,11,14,16H,8-10,12-13H2,1-4H3,(H,19,21)/b7-5+,15-6+,18-11-. The fourth-order valence-electron chi connectivity index (χ4n) is 2.59. The highest BCUT2D eigenvalue weighted by Gasteiger charge is 2.21. The van der Waals surface area contributed by atoms with Crippen LogP contribution in [-0.2, 0) is 4.79 Å². The third-order valence-corrected chi connectivity index (χ3v) is 3.90. The average Bonchev–Trinajstić information content (AvgIpc) is 2.45. The molecule has 0 aliphatic heterocycles. The van der Waals surface area contributed by atoms with Crippen LogP contribution in [0.15, 0.2) is 29.0 Å². The average molecular weight is 291 g/mol. The minimum atomic E-state index is 0.0490. The largest absolute Gasteiger partial charge is 0.352 e. The molecule has 1 N–H and O–H groups in total. The molecular formula is C17H29N3O. The van der Waals surface area contributed by atoms with Gasteiger partial charge in [0, 0.05) is 18.0 Å². The number of amides is 1. The predicted octanol–water partition coefficient (Wildman–Crippen LogP) is 3.47. The lowest BCUT2D eigenvalue weighted by Crippen LogP contribution is -2.42. The number of carbonyl (C=O) groups excluding carboxylic acids is 1. The first kappa shape index (κ1) is 17.5. The van der Waals surface area contributed by atoms with E-state index in [0.717, 1.165) is 18.5 Å².